The van der Waals surface area contributed by atoms with Crippen molar-refractivity contribution in [3.05, 3.63) is 63.9 Å². The molecule has 0 amide bonds. The van der Waals surface area contributed by atoms with Crippen LogP contribution in [0.15, 0.2) is 42.7 Å². The second kappa shape index (κ2) is 7.76. The fourth-order valence-electron chi connectivity index (χ4n) is 2.20. The van der Waals surface area contributed by atoms with Crippen molar-refractivity contribution in [2.75, 3.05) is 13.6 Å². The summed E-state index contributed by atoms with van der Waals surface area (Å²) in [6.07, 6.45) is 4.47. The van der Waals surface area contributed by atoms with Crippen molar-refractivity contribution in [1.29, 1.82) is 0 Å². The highest BCUT2D eigenvalue weighted by molar-refractivity contribution is 6.42. The molecular weight excluding hydrogens is 305 g/mol. The SMILES string of the molecule is CN(CCC(N)c1cccc(Cl)c1Cl)Cc1cccnc1. The molecule has 0 radical (unpaired) electrons. The second-order valence-corrected chi connectivity index (χ2v) is 5.92. The molecule has 0 saturated heterocycles. The fraction of sp³-hybridized carbons (Fsp3) is 0.312. The maximum Gasteiger partial charge on any atom is 0.0640 e. The molecule has 1 atom stereocenters. The van der Waals surface area contributed by atoms with Gasteiger partial charge in [-0.3, -0.25) is 4.98 Å². The van der Waals surface area contributed by atoms with E-state index in [1.165, 1.54) is 5.56 Å². The van der Waals surface area contributed by atoms with Gasteiger partial charge in [-0.1, -0.05) is 41.4 Å². The van der Waals surface area contributed by atoms with Crippen LogP contribution in [0.2, 0.25) is 10.0 Å². The zero-order valence-electron chi connectivity index (χ0n) is 12.0. The van der Waals surface area contributed by atoms with Crippen LogP contribution >= 0.6 is 23.2 Å². The van der Waals surface area contributed by atoms with E-state index >= 15 is 0 Å². The highest BCUT2D eigenvalue weighted by Crippen LogP contribution is 2.30. The van der Waals surface area contributed by atoms with Gasteiger partial charge in [-0.15, -0.1) is 0 Å². The van der Waals surface area contributed by atoms with E-state index in [0.717, 1.165) is 25.1 Å². The Hall–Kier alpha value is -1.13. The van der Waals surface area contributed by atoms with Crippen LogP contribution in [0.25, 0.3) is 0 Å². The first-order chi connectivity index (χ1) is 10.1. The molecule has 3 nitrogen and oxygen atoms in total. The summed E-state index contributed by atoms with van der Waals surface area (Å²) < 4.78 is 0. The Labute approximate surface area is 135 Å². The number of nitrogens with zero attached hydrogens (tertiary/aromatic N) is 2. The van der Waals surface area contributed by atoms with E-state index in [1.54, 1.807) is 12.3 Å². The molecule has 0 aliphatic heterocycles. The Morgan fingerprint density at radius 2 is 2.05 bits per heavy atom. The van der Waals surface area contributed by atoms with E-state index in [1.807, 2.05) is 24.4 Å². The van der Waals surface area contributed by atoms with Crippen molar-refractivity contribution in [3.63, 3.8) is 0 Å². The average Bonchev–Trinajstić information content (AvgIpc) is 2.48. The number of nitrogens with two attached hydrogens (primary N) is 1. The molecule has 2 N–H and O–H groups in total. The van der Waals surface area contributed by atoms with Gasteiger partial charge in [0, 0.05) is 25.0 Å². The van der Waals surface area contributed by atoms with Crippen LogP contribution in [0.3, 0.4) is 0 Å². The van der Waals surface area contributed by atoms with E-state index < -0.39 is 0 Å². The fourth-order valence-corrected chi connectivity index (χ4v) is 2.65. The lowest BCUT2D eigenvalue weighted by Crippen LogP contribution is -2.23. The topological polar surface area (TPSA) is 42.1 Å². The molecule has 1 heterocycles. The van der Waals surface area contributed by atoms with Crippen molar-refractivity contribution in [2.45, 2.75) is 19.0 Å². The Morgan fingerprint density at radius 1 is 1.24 bits per heavy atom. The molecule has 5 heteroatoms. The molecule has 1 unspecified atom stereocenters. The molecule has 0 aliphatic carbocycles. The standard InChI is InChI=1S/C16H19Cl2N3/c1-21(11-12-4-3-8-20-10-12)9-7-15(19)13-5-2-6-14(17)16(13)18/h2-6,8,10,15H,7,9,11,19H2,1H3. The van der Waals surface area contributed by atoms with E-state index in [9.17, 15) is 0 Å². The van der Waals surface area contributed by atoms with Crippen LogP contribution in [-0.4, -0.2) is 23.5 Å². The molecule has 21 heavy (non-hydrogen) atoms. The first kappa shape index (κ1) is 16.2. The molecule has 0 spiro atoms. The zero-order chi connectivity index (χ0) is 15.2. The van der Waals surface area contributed by atoms with Gasteiger partial charge in [0.15, 0.2) is 0 Å². The summed E-state index contributed by atoms with van der Waals surface area (Å²) in [5, 5.41) is 1.11. The van der Waals surface area contributed by atoms with Gasteiger partial charge in [0.05, 0.1) is 10.0 Å². The zero-order valence-corrected chi connectivity index (χ0v) is 13.5. The lowest BCUT2D eigenvalue weighted by atomic mass is 10.0. The smallest absolute Gasteiger partial charge is 0.0640 e. The molecule has 0 bridgehead atoms. The number of benzene rings is 1. The van der Waals surface area contributed by atoms with Gasteiger partial charge in [0.1, 0.15) is 0 Å². The Balaban J connectivity index is 1.89. The molecule has 0 aliphatic rings. The first-order valence-corrected chi connectivity index (χ1v) is 7.60. The van der Waals surface area contributed by atoms with Crippen molar-refractivity contribution < 1.29 is 0 Å². The third kappa shape index (κ3) is 4.68. The summed E-state index contributed by atoms with van der Waals surface area (Å²) in [5.41, 5.74) is 8.32. The highest BCUT2D eigenvalue weighted by atomic mass is 35.5. The minimum absolute atomic E-state index is 0.118. The van der Waals surface area contributed by atoms with E-state index in [2.05, 4.69) is 23.0 Å². The number of aromatic nitrogens is 1. The molecular formula is C16H19Cl2N3. The summed E-state index contributed by atoms with van der Waals surface area (Å²) >= 11 is 12.2. The largest absolute Gasteiger partial charge is 0.324 e. The number of pyridine rings is 1. The summed E-state index contributed by atoms with van der Waals surface area (Å²) in [4.78, 5) is 6.34. The quantitative estimate of drug-likeness (QED) is 0.876. The summed E-state index contributed by atoms with van der Waals surface area (Å²) in [7, 11) is 2.07. The third-order valence-corrected chi connectivity index (χ3v) is 4.21. The summed E-state index contributed by atoms with van der Waals surface area (Å²) in [6.45, 7) is 1.72. The van der Waals surface area contributed by atoms with Gasteiger partial charge >= 0.3 is 0 Å². The number of hydrogen-bond acceptors (Lipinski definition) is 3. The van der Waals surface area contributed by atoms with Crippen molar-refractivity contribution in [1.82, 2.24) is 9.88 Å². The summed E-state index contributed by atoms with van der Waals surface area (Å²) in [6, 6.07) is 9.47. The predicted molar refractivity (Wildman–Crippen MR) is 88.6 cm³/mol. The minimum Gasteiger partial charge on any atom is -0.324 e. The van der Waals surface area contributed by atoms with Gasteiger partial charge in [-0.25, -0.2) is 0 Å². The molecule has 112 valence electrons. The average molecular weight is 324 g/mol. The second-order valence-electron chi connectivity index (χ2n) is 5.14. The van der Waals surface area contributed by atoms with E-state index in [4.69, 9.17) is 28.9 Å². The van der Waals surface area contributed by atoms with Crippen molar-refractivity contribution >= 4 is 23.2 Å². The molecule has 2 rings (SSSR count). The molecule has 1 aromatic heterocycles. The monoisotopic (exact) mass is 323 g/mol. The Morgan fingerprint density at radius 3 is 2.76 bits per heavy atom. The molecule has 2 aromatic rings. The highest BCUT2D eigenvalue weighted by Gasteiger charge is 2.13. The number of halogens is 2. The third-order valence-electron chi connectivity index (χ3n) is 3.38. The molecule has 0 fully saturated rings. The summed E-state index contributed by atoms with van der Waals surface area (Å²) in [5.74, 6) is 0. The van der Waals surface area contributed by atoms with Gasteiger partial charge in [0.25, 0.3) is 0 Å². The lowest BCUT2D eigenvalue weighted by Gasteiger charge is -2.20. The van der Waals surface area contributed by atoms with Crippen LogP contribution in [-0.2, 0) is 6.54 Å². The lowest BCUT2D eigenvalue weighted by molar-refractivity contribution is 0.311. The number of rotatable bonds is 6. The Bertz CT molecular complexity index is 575. The van der Waals surface area contributed by atoms with Crippen LogP contribution < -0.4 is 5.73 Å². The van der Waals surface area contributed by atoms with Crippen molar-refractivity contribution in [3.8, 4) is 0 Å². The van der Waals surface area contributed by atoms with Crippen LogP contribution in [0.1, 0.15) is 23.6 Å². The van der Waals surface area contributed by atoms with Crippen LogP contribution in [0.4, 0.5) is 0 Å². The van der Waals surface area contributed by atoms with Crippen LogP contribution in [0, 0.1) is 0 Å². The molecule has 1 aromatic carbocycles. The van der Waals surface area contributed by atoms with E-state index in [0.29, 0.717) is 10.0 Å². The Kier molecular flexibility index (Phi) is 6.00. The van der Waals surface area contributed by atoms with Gasteiger partial charge in [0.2, 0.25) is 0 Å². The minimum atomic E-state index is -0.118. The first-order valence-electron chi connectivity index (χ1n) is 6.85. The predicted octanol–water partition coefficient (Wildman–Crippen LogP) is 3.91. The number of hydrogen-bond donors (Lipinski definition) is 1. The normalized spacial score (nSPS) is 12.6. The van der Waals surface area contributed by atoms with Gasteiger partial charge in [-0.05, 0) is 43.3 Å². The van der Waals surface area contributed by atoms with E-state index in [-0.39, 0.29) is 6.04 Å². The maximum absolute atomic E-state index is 6.22. The van der Waals surface area contributed by atoms with Gasteiger partial charge in [-0.2, -0.15) is 0 Å². The van der Waals surface area contributed by atoms with Gasteiger partial charge < -0.3 is 10.6 Å². The van der Waals surface area contributed by atoms with Crippen LogP contribution in [0.5, 0.6) is 0 Å². The van der Waals surface area contributed by atoms with Crippen molar-refractivity contribution in [2.24, 2.45) is 5.73 Å². The molecule has 0 saturated carbocycles. The maximum atomic E-state index is 6.22.